The summed E-state index contributed by atoms with van der Waals surface area (Å²) in [6.45, 7) is 0.285. The fourth-order valence-corrected chi connectivity index (χ4v) is 3.22. The number of ether oxygens (including phenoxy) is 1. The van der Waals surface area contributed by atoms with E-state index in [1.807, 2.05) is 18.2 Å². The van der Waals surface area contributed by atoms with Crippen LogP contribution in [0.5, 0.6) is 5.88 Å². The second-order valence-corrected chi connectivity index (χ2v) is 6.98. The third-order valence-corrected chi connectivity index (χ3v) is 4.44. The van der Waals surface area contributed by atoms with Crippen molar-refractivity contribution in [1.82, 2.24) is 20.1 Å². The van der Waals surface area contributed by atoms with Crippen LogP contribution in [0.4, 0.5) is 5.82 Å². The first kappa shape index (κ1) is 19.2. The normalized spacial score (nSPS) is 10.8. The SMILES string of the molecule is Nc1ncccc1-c1cc(Cc2ccc(OCc3cc(Cl)nc(Cl)c3)nc2)no1. The number of halogens is 2. The van der Waals surface area contributed by atoms with Gasteiger partial charge in [0, 0.05) is 30.9 Å². The van der Waals surface area contributed by atoms with Crippen LogP contribution in [0.15, 0.2) is 59.4 Å². The highest BCUT2D eigenvalue weighted by Gasteiger charge is 2.11. The molecule has 4 aromatic heterocycles. The molecule has 0 saturated heterocycles. The lowest BCUT2D eigenvalue weighted by Gasteiger charge is -2.06. The highest BCUT2D eigenvalue weighted by Crippen LogP contribution is 2.25. The Balaban J connectivity index is 1.39. The van der Waals surface area contributed by atoms with Crippen LogP contribution in [0.2, 0.25) is 10.3 Å². The van der Waals surface area contributed by atoms with Crippen LogP contribution < -0.4 is 10.5 Å². The smallest absolute Gasteiger partial charge is 0.213 e. The van der Waals surface area contributed by atoms with Crippen molar-refractivity contribution in [2.24, 2.45) is 0 Å². The van der Waals surface area contributed by atoms with Crippen molar-refractivity contribution in [1.29, 1.82) is 0 Å². The zero-order chi connectivity index (χ0) is 20.2. The Morgan fingerprint density at radius 3 is 2.55 bits per heavy atom. The Labute approximate surface area is 176 Å². The number of hydrogen-bond acceptors (Lipinski definition) is 7. The molecule has 4 heterocycles. The number of nitrogen functional groups attached to an aromatic ring is 1. The fraction of sp³-hybridized carbons (Fsp3) is 0.100. The van der Waals surface area contributed by atoms with E-state index in [2.05, 4.69) is 20.1 Å². The van der Waals surface area contributed by atoms with Crippen LogP contribution in [0.25, 0.3) is 11.3 Å². The molecule has 0 amide bonds. The molecule has 0 aliphatic heterocycles. The molecule has 0 unspecified atom stereocenters. The quantitative estimate of drug-likeness (QED) is 0.449. The van der Waals surface area contributed by atoms with E-state index >= 15 is 0 Å². The molecule has 0 saturated carbocycles. The number of aromatic nitrogens is 4. The second kappa shape index (κ2) is 8.46. The molecular weight excluding hydrogens is 413 g/mol. The zero-order valence-corrected chi connectivity index (χ0v) is 16.6. The van der Waals surface area contributed by atoms with E-state index in [1.54, 1.807) is 36.7 Å². The van der Waals surface area contributed by atoms with E-state index < -0.39 is 0 Å². The molecule has 0 aliphatic carbocycles. The molecule has 0 radical (unpaired) electrons. The number of nitrogens with zero attached hydrogens (tertiary/aromatic N) is 4. The minimum atomic E-state index is 0.285. The highest BCUT2D eigenvalue weighted by molar-refractivity contribution is 6.32. The Morgan fingerprint density at radius 1 is 1.00 bits per heavy atom. The van der Waals surface area contributed by atoms with Gasteiger partial charge in [0.2, 0.25) is 5.88 Å². The standard InChI is InChI=1S/C20H15Cl2N5O2/c21-17-7-13(8-18(22)26-17)11-28-19-4-3-12(10-25-19)6-14-9-16(29-27-14)15-2-1-5-24-20(15)23/h1-5,7-10H,6,11H2,(H2,23,24). The number of hydrogen-bond donors (Lipinski definition) is 1. The van der Waals surface area contributed by atoms with Gasteiger partial charge in [-0.25, -0.2) is 15.0 Å². The Hall–Kier alpha value is -3.16. The predicted molar refractivity (Wildman–Crippen MR) is 110 cm³/mol. The number of pyridine rings is 3. The van der Waals surface area contributed by atoms with Crippen molar-refractivity contribution in [3.05, 3.63) is 82.0 Å². The van der Waals surface area contributed by atoms with Gasteiger partial charge in [-0.1, -0.05) is 34.4 Å². The fourth-order valence-electron chi connectivity index (χ4n) is 2.71. The highest BCUT2D eigenvalue weighted by atomic mass is 35.5. The lowest BCUT2D eigenvalue weighted by molar-refractivity contribution is 0.293. The number of anilines is 1. The van der Waals surface area contributed by atoms with Gasteiger partial charge >= 0.3 is 0 Å². The Morgan fingerprint density at radius 2 is 1.83 bits per heavy atom. The van der Waals surface area contributed by atoms with Gasteiger partial charge in [-0.2, -0.15) is 0 Å². The minimum absolute atomic E-state index is 0.285. The van der Waals surface area contributed by atoms with Gasteiger partial charge in [0.1, 0.15) is 22.7 Å². The molecule has 7 nitrogen and oxygen atoms in total. The van der Waals surface area contributed by atoms with E-state index in [0.29, 0.717) is 39.7 Å². The molecule has 0 aromatic carbocycles. The van der Waals surface area contributed by atoms with Gasteiger partial charge in [-0.15, -0.1) is 0 Å². The largest absolute Gasteiger partial charge is 0.473 e. The molecule has 9 heteroatoms. The summed E-state index contributed by atoms with van der Waals surface area (Å²) in [6.07, 6.45) is 3.92. The monoisotopic (exact) mass is 427 g/mol. The minimum Gasteiger partial charge on any atom is -0.473 e. The predicted octanol–water partition coefficient (Wildman–Crippen LogP) is 4.59. The summed E-state index contributed by atoms with van der Waals surface area (Å²) in [5, 5.41) is 4.73. The maximum Gasteiger partial charge on any atom is 0.213 e. The van der Waals surface area contributed by atoms with Gasteiger partial charge in [-0.3, -0.25) is 0 Å². The van der Waals surface area contributed by atoms with Gasteiger partial charge < -0.3 is 15.0 Å². The second-order valence-electron chi connectivity index (χ2n) is 6.21. The summed E-state index contributed by atoms with van der Waals surface area (Å²) in [5.41, 5.74) is 9.13. The first-order valence-corrected chi connectivity index (χ1v) is 9.38. The Bertz CT molecular complexity index is 1110. The maximum absolute atomic E-state index is 5.89. The third kappa shape index (κ3) is 4.82. The molecule has 29 heavy (non-hydrogen) atoms. The molecule has 0 fully saturated rings. The van der Waals surface area contributed by atoms with E-state index in [-0.39, 0.29) is 6.61 Å². The van der Waals surface area contributed by atoms with Crippen molar-refractivity contribution in [3.8, 4) is 17.2 Å². The molecule has 0 aliphatic rings. The molecule has 4 rings (SSSR count). The number of rotatable bonds is 6. The van der Waals surface area contributed by atoms with Crippen LogP contribution in [-0.4, -0.2) is 20.1 Å². The zero-order valence-electron chi connectivity index (χ0n) is 15.0. The van der Waals surface area contributed by atoms with Gasteiger partial charge in [-0.05, 0) is 35.4 Å². The lowest BCUT2D eigenvalue weighted by Crippen LogP contribution is -1.99. The van der Waals surface area contributed by atoms with Crippen LogP contribution in [-0.2, 0) is 13.0 Å². The van der Waals surface area contributed by atoms with Gasteiger partial charge in [0.15, 0.2) is 5.76 Å². The molecule has 0 spiro atoms. The molecule has 4 aromatic rings. The summed E-state index contributed by atoms with van der Waals surface area (Å²) < 4.78 is 11.1. The molecular formula is C20H15Cl2N5O2. The first-order chi connectivity index (χ1) is 14.1. The summed E-state index contributed by atoms with van der Waals surface area (Å²) >= 11 is 11.8. The molecule has 2 N–H and O–H groups in total. The number of nitrogens with two attached hydrogens (primary N) is 1. The van der Waals surface area contributed by atoms with E-state index in [9.17, 15) is 0 Å². The average molecular weight is 428 g/mol. The van der Waals surface area contributed by atoms with E-state index in [4.69, 9.17) is 38.2 Å². The summed E-state index contributed by atoms with van der Waals surface area (Å²) in [7, 11) is 0. The van der Waals surface area contributed by atoms with Crippen LogP contribution in [0.3, 0.4) is 0 Å². The average Bonchev–Trinajstić information content (AvgIpc) is 3.15. The van der Waals surface area contributed by atoms with Gasteiger partial charge in [0.25, 0.3) is 0 Å². The van der Waals surface area contributed by atoms with Crippen molar-refractivity contribution >= 4 is 29.0 Å². The molecule has 146 valence electrons. The topological polar surface area (TPSA) is 100.0 Å². The van der Waals surface area contributed by atoms with Crippen molar-refractivity contribution in [2.75, 3.05) is 5.73 Å². The maximum atomic E-state index is 5.89. The third-order valence-electron chi connectivity index (χ3n) is 4.06. The molecule has 0 atom stereocenters. The lowest BCUT2D eigenvalue weighted by atomic mass is 10.1. The van der Waals surface area contributed by atoms with Crippen molar-refractivity contribution < 1.29 is 9.26 Å². The Kier molecular flexibility index (Phi) is 5.59. The van der Waals surface area contributed by atoms with Crippen molar-refractivity contribution in [3.63, 3.8) is 0 Å². The van der Waals surface area contributed by atoms with Crippen LogP contribution in [0.1, 0.15) is 16.8 Å². The molecule has 0 bridgehead atoms. The van der Waals surface area contributed by atoms with E-state index in [0.717, 1.165) is 16.8 Å². The first-order valence-electron chi connectivity index (χ1n) is 8.63. The summed E-state index contributed by atoms with van der Waals surface area (Å²) in [4.78, 5) is 12.3. The van der Waals surface area contributed by atoms with E-state index in [1.165, 1.54) is 0 Å². The van der Waals surface area contributed by atoms with Crippen molar-refractivity contribution in [2.45, 2.75) is 13.0 Å². The summed E-state index contributed by atoms with van der Waals surface area (Å²) in [6, 6.07) is 12.6. The summed E-state index contributed by atoms with van der Waals surface area (Å²) in [5.74, 6) is 1.46. The van der Waals surface area contributed by atoms with Gasteiger partial charge in [0.05, 0.1) is 11.3 Å². The van der Waals surface area contributed by atoms with Crippen LogP contribution >= 0.6 is 23.2 Å². The van der Waals surface area contributed by atoms with Crippen LogP contribution in [0, 0.1) is 0 Å².